The molecule has 3 rings (SSSR count). The van der Waals surface area contributed by atoms with Gasteiger partial charge >= 0.3 is 5.97 Å². The van der Waals surface area contributed by atoms with Crippen LogP contribution in [0.2, 0.25) is 0 Å². The number of carboxylic acids is 1. The van der Waals surface area contributed by atoms with Crippen molar-refractivity contribution in [3.63, 3.8) is 0 Å². The predicted molar refractivity (Wildman–Crippen MR) is 89.6 cm³/mol. The normalized spacial score (nSPS) is 15.5. The Kier molecular flexibility index (Phi) is 4.79. The fraction of sp³-hybridized carbons (Fsp3) is 0.421. The lowest BCUT2D eigenvalue weighted by atomic mass is 9.85. The van der Waals surface area contributed by atoms with E-state index in [1.165, 1.54) is 43.5 Å². The first-order valence-corrected chi connectivity index (χ1v) is 8.39. The number of carboxylic acid groups (broad SMARTS) is 1. The van der Waals surface area contributed by atoms with Crippen molar-refractivity contribution in [3.05, 3.63) is 45.8 Å². The summed E-state index contributed by atoms with van der Waals surface area (Å²) in [7, 11) is 0. The molecule has 2 aromatic rings. The largest absolute Gasteiger partial charge is 0.478 e. The Hall–Kier alpha value is -2.43. The molecule has 1 N–H and O–H groups in total. The van der Waals surface area contributed by atoms with Gasteiger partial charge in [0, 0.05) is 12.5 Å². The van der Waals surface area contributed by atoms with Crippen molar-refractivity contribution in [2.75, 3.05) is 0 Å². The van der Waals surface area contributed by atoms with Crippen LogP contribution in [0.3, 0.4) is 0 Å². The van der Waals surface area contributed by atoms with E-state index in [0.29, 0.717) is 12.3 Å². The zero-order chi connectivity index (χ0) is 17.1. The zero-order valence-electron chi connectivity index (χ0n) is 13.4. The van der Waals surface area contributed by atoms with Crippen molar-refractivity contribution >= 4 is 22.7 Å². The predicted octanol–water partition coefficient (Wildman–Crippen LogP) is 4.03. The third-order valence-corrected chi connectivity index (χ3v) is 4.76. The number of Topliss-reactive ketones (excluding diaryl/α,β-unsaturated/α-hetero) is 1. The van der Waals surface area contributed by atoms with Crippen LogP contribution in [0, 0.1) is 5.92 Å². The number of benzene rings is 1. The minimum absolute atomic E-state index is 0.0292. The van der Waals surface area contributed by atoms with Crippen molar-refractivity contribution in [1.82, 2.24) is 0 Å². The van der Waals surface area contributed by atoms with Gasteiger partial charge in [0.2, 0.25) is 0 Å². The van der Waals surface area contributed by atoms with Crippen molar-refractivity contribution in [3.8, 4) is 0 Å². The first-order valence-electron chi connectivity index (χ1n) is 8.39. The summed E-state index contributed by atoms with van der Waals surface area (Å²) in [6.07, 6.45) is 7.12. The van der Waals surface area contributed by atoms with E-state index in [1.54, 1.807) is 0 Å². The third kappa shape index (κ3) is 3.40. The Morgan fingerprint density at radius 2 is 1.92 bits per heavy atom. The number of fused-ring (bicyclic) bond motifs is 1. The molecular formula is C19H20O5. The van der Waals surface area contributed by atoms with Crippen molar-refractivity contribution in [2.45, 2.75) is 44.9 Å². The molecule has 5 heteroatoms. The van der Waals surface area contributed by atoms with Gasteiger partial charge in [-0.1, -0.05) is 38.2 Å². The maximum Gasteiger partial charge on any atom is 0.339 e. The van der Waals surface area contributed by atoms with Crippen LogP contribution in [-0.2, 0) is 0 Å². The third-order valence-electron chi connectivity index (χ3n) is 4.76. The molecule has 0 atom stereocenters. The van der Waals surface area contributed by atoms with Gasteiger partial charge in [0.1, 0.15) is 5.56 Å². The monoisotopic (exact) mass is 328 g/mol. The zero-order valence-corrected chi connectivity index (χ0v) is 13.4. The average Bonchev–Trinajstić information content (AvgIpc) is 2.60. The number of aromatic carboxylic acids is 1. The summed E-state index contributed by atoms with van der Waals surface area (Å²) in [4.78, 5) is 35.9. The first kappa shape index (κ1) is 16.4. The number of hydrogen-bond donors (Lipinski definition) is 1. The molecule has 126 valence electrons. The SMILES string of the molecule is O=C(CCC1CCCCC1)c1cc(=O)c2cccc(C(=O)O)c2o1. The molecule has 0 spiro atoms. The van der Waals surface area contributed by atoms with Gasteiger partial charge in [-0.15, -0.1) is 0 Å². The van der Waals surface area contributed by atoms with E-state index in [2.05, 4.69) is 0 Å². The minimum Gasteiger partial charge on any atom is -0.478 e. The van der Waals surface area contributed by atoms with Gasteiger partial charge in [-0.2, -0.15) is 0 Å². The Bertz CT molecular complexity index is 827. The Morgan fingerprint density at radius 3 is 2.62 bits per heavy atom. The number of para-hydroxylation sites is 1. The molecule has 0 aliphatic heterocycles. The van der Waals surface area contributed by atoms with E-state index in [-0.39, 0.29) is 33.5 Å². The topological polar surface area (TPSA) is 84.6 Å². The second-order valence-electron chi connectivity index (χ2n) is 6.43. The van der Waals surface area contributed by atoms with Crippen LogP contribution in [-0.4, -0.2) is 16.9 Å². The number of ketones is 1. The molecular weight excluding hydrogens is 308 g/mol. The number of rotatable bonds is 5. The van der Waals surface area contributed by atoms with Gasteiger partial charge in [0.05, 0.1) is 5.39 Å². The molecule has 0 saturated heterocycles. The molecule has 1 fully saturated rings. The van der Waals surface area contributed by atoms with E-state index in [9.17, 15) is 19.5 Å². The van der Waals surface area contributed by atoms with Gasteiger partial charge in [0.25, 0.3) is 0 Å². The van der Waals surface area contributed by atoms with Crippen LogP contribution in [0.15, 0.2) is 33.5 Å². The van der Waals surface area contributed by atoms with Crippen molar-refractivity contribution < 1.29 is 19.1 Å². The summed E-state index contributed by atoms with van der Waals surface area (Å²) < 4.78 is 5.51. The maximum absolute atomic E-state index is 12.4. The van der Waals surface area contributed by atoms with Crippen LogP contribution in [0.25, 0.3) is 11.0 Å². The van der Waals surface area contributed by atoms with Crippen LogP contribution in [0.1, 0.15) is 65.9 Å². The molecule has 1 aromatic carbocycles. The summed E-state index contributed by atoms with van der Waals surface area (Å²) in [6, 6.07) is 5.54. The summed E-state index contributed by atoms with van der Waals surface area (Å²) in [5, 5.41) is 9.41. The molecule has 24 heavy (non-hydrogen) atoms. The maximum atomic E-state index is 12.4. The Labute approximate surface area is 139 Å². The summed E-state index contributed by atoms with van der Waals surface area (Å²) in [6.45, 7) is 0. The van der Waals surface area contributed by atoms with E-state index in [0.717, 1.165) is 19.3 Å². The molecule has 0 unspecified atom stereocenters. The lowest BCUT2D eigenvalue weighted by Gasteiger charge is -2.20. The molecule has 0 bridgehead atoms. The van der Waals surface area contributed by atoms with E-state index >= 15 is 0 Å². The highest BCUT2D eigenvalue weighted by molar-refractivity contribution is 6.02. The fourth-order valence-corrected chi connectivity index (χ4v) is 3.42. The van der Waals surface area contributed by atoms with Gasteiger partial charge < -0.3 is 9.52 Å². The highest BCUT2D eigenvalue weighted by Crippen LogP contribution is 2.28. The van der Waals surface area contributed by atoms with Gasteiger partial charge in [-0.05, 0) is 24.5 Å². The number of hydrogen-bond acceptors (Lipinski definition) is 4. The fourth-order valence-electron chi connectivity index (χ4n) is 3.42. The van der Waals surface area contributed by atoms with Crippen molar-refractivity contribution in [2.24, 2.45) is 5.92 Å². The quantitative estimate of drug-likeness (QED) is 0.837. The lowest BCUT2D eigenvalue weighted by Crippen LogP contribution is -2.12. The molecule has 1 aliphatic carbocycles. The number of carbonyl (C=O) groups is 2. The molecule has 1 saturated carbocycles. The molecule has 1 aromatic heterocycles. The second kappa shape index (κ2) is 6.99. The smallest absolute Gasteiger partial charge is 0.339 e. The van der Waals surface area contributed by atoms with Crippen LogP contribution >= 0.6 is 0 Å². The van der Waals surface area contributed by atoms with E-state index in [4.69, 9.17) is 4.42 Å². The molecule has 5 nitrogen and oxygen atoms in total. The minimum atomic E-state index is -1.18. The van der Waals surface area contributed by atoms with E-state index in [1.807, 2.05) is 0 Å². The standard InChI is InChI=1S/C19H20O5/c20-15(10-9-12-5-2-1-3-6-12)17-11-16(21)13-7-4-8-14(19(22)23)18(13)24-17/h4,7-8,11-12H,1-3,5-6,9-10H2,(H,22,23). The summed E-state index contributed by atoms with van der Waals surface area (Å²) >= 11 is 0. The highest BCUT2D eigenvalue weighted by Gasteiger charge is 2.19. The second-order valence-corrected chi connectivity index (χ2v) is 6.43. The van der Waals surface area contributed by atoms with Crippen LogP contribution < -0.4 is 5.43 Å². The molecule has 0 amide bonds. The lowest BCUT2D eigenvalue weighted by molar-refractivity contribution is 0.0696. The molecule has 1 heterocycles. The van der Waals surface area contributed by atoms with E-state index < -0.39 is 5.97 Å². The van der Waals surface area contributed by atoms with Gasteiger partial charge in [-0.25, -0.2) is 4.79 Å². The summed E-state index contributed by atoms with van der Waals surface area (Å²) in [5.41, 5.74) is -0.523. The van der Waals surface area contributed by atoms with Crippen LogP contribution in [0.5, 0.6) is 0 Å². The number of carbonyl (C=O) groups excluding carboxylic acids is 1. The highest BCUT2D eigenvalue weighted by atomic mass is 16.4. The summed E-state index contributed by atoms with van der Waals surface area (Å²) in [5.74, 6) is -0.906. The van der Waals surface area contributed by atoms with Crippen molar-refractivity contribution in [1.29, 1.82) is 0 Å². The average molecular weight is 328 g/mol. The first-order chi connectivity index (χ1) is 11.6. The Balaban J connectivity index is 1.86. The molecule has 0 radical (unpaired) electrons. The Morgan fingerprint density at radius 1 is 1.17 bits per heavy atom. The van der Waals surface area contributed by atoms with Crippen LogP contribution in [0.4, 0.5) is 0 Å². The van der Waals surface area contributed by atoms with Gasteiger partial charge in [0.15, 0.2) is 22.6 Å². The van der Waals surface area contributed by atoms with Gasteiger partial charge in [-0.3, -0.25) is 9.59 Å². The molecule has 1 aliphatic rings.